The molecule has 0 fully saturated rings. The highest BCUT2D eigenvalue weighted by molar-refractivity contribution is 7.05. The van der Waals surface area contributed by atoms with Crippen LogP contribution in [0, 0.1) is 12.8 Å². The van der Waals surface area contributed by atoms with Gasteiger partial charge in [-0.15, -0.1) is 0 Å². The molecule has 1 aromatic heterocycles. The topological polar surface area (TPSA) is 62.2 Å². The fourth-order valence-corrected chi connectivity index (χ4v) is 2.56. The van der Waals surface area contributed by atoms with Crippen LogP contribution in [0.3, 0.4) is 0 Å². The number of carboxylic acid groups (broad SMARTS) is 1. The third-order valence-corrected chi connectivity index (χ3v) is 3.94. The quantitative estimate of drug-likeness (QED) is 0.856. The average molecular weight is 290 g/mol. The number of carbonyl (C=O) groups is 1. The zero-order chi connectivity index (χ0) is 14.5. The van der Waals surface area contributed by atoms with Gasteiger partial charge in [-0.1, -0.05) is 19.1 Å². The first-order chi connectivity index (χ1) is 9.54. The molecule has 5 heteroatoms. The number of aromatic nitrogens is 1. The Morgan fingerprint density at radius 1 is 1.40 bits per heavy atom. The van der Waals surface area contributed by atoms with Crippen LogP contribution in [-0.4, -0.2) is 15.4 Å². The van der Waals surface area contributed by atoms with Gasteiger partial charge in [0.15, 0.2) is 0 Å². The van der Waals surface area contributed by atoms with Gasteiger partial charge in [0.1, 0.15) is 0 Å². The number of rotatable bonds is 6. The second-order valence-electron chi connectivity index (χ2n) is 4.93. The summed E-state index contributed by atoms with van der Waals surface area (Å²) >= 11 is 1.51. The summed E-state index contributed by atoms with van der Waals surface area (Å²) in [5, 5.41) is 12.2. The lowest BCUT2D eigenvalue weighted by atomic mass is 10.0. The fourth-order valence-electron chi connectivity index (χ4n) is 1.89. The van der Waals surface area contributed by atoms with Gasteiger partial charge in [0, 0.05) is 10.6 Å². The lowest BCUT2D eigenvalue weighted by Gasteiger charge is -2.08. The van der Waals surface area contributed by atoms with Gasteiger partial charge in [-0.05, 0) is 48.6 Å². The number of nitrogens with one attached hydrogen (secondary N) is 1. The zero-order valence-electron chi connectivity index (χ0n) is 11.6. The number of aryl methyl sites for hydroxylation is 1. The Bertz CT molecular complexity index is 578. The summed E-state index contributed by atoms with van der Waals surface area (Å²) in [6.45, 7) is 4.47. The van der Waals surface area contributed by atoms with Gasteiger partial charge in [-0.3, -0.25) is 4.79 Å². The lowest BCUT2D eigenvalue weighted by molar-refractivity contribution is -0.141. The monoisotopic (exact) mass is 290 g/mol. The summed E-state index contributed by atoms with van der Waals surface area (Å²) < 4.78 is 4.24. The molecular formula is C15H18N2O2S. The van der Waals surface area contributed by atoms with E-state index in [1.807, 2.05) is 31.2 Å². The Balaban J connectivity index is 1.89. The molecule has 0 saturated carbocycles. The van der Waals surface area contributed by atoms with Crippen molar-refractivity contribution in [2.45, 2.75) is 26.8 Å². The second kappa shape index (κ2) is 6.52. The van der Waals surface area contributed by atoms with E-state index in [-0.39, 0.29) is 5.92 Å². The molecule has 0 aliphatic carbocycles. The van der Waals surface area contributed by atoms with Crippen LogP contribution in [0.2, 0.25) is 0 Å². The number of carboxylic acids is 1. The maximum absolute atomic E-state index is 10.8. The van der Waals surface area contributed by atoms with Gasteiger partial charge in [0.2, 0.25) is 0 Å². The number of hydrogen-bond acceptors (Lipinski definition) is 4. The van der Waals surface area contributed by atoms with Gasteiger partial charge >= 0.3 is 5.97 Å². The maximum atomic E-state index is 10.8. The van der Waals surface area contributed by atoms with E-state index < -0.39 is 5.97 Å². The zero-order valence-corrected chi connectivity index (χ0v) is 12.4. The standard InChI is InChI=1S/C15H18N2O2S/c1-10(15(18)19)7-12-3-5-13(6-4-12)16-9-14-8-11(2)17-20-14/h3-6,8,10,16H,7,9H2,1-2H3,(H,18,19). The minimum Gasteiger partial charge on any atom is -0.481 e. The van der Waals surface area contributed by atoms with E-state index in [1.165, 1.54) is 16.4 Å². The molecule has 0 aliphatic heterocycles. The van der Waals surface area contributed by atoms with Gasteiger partial charge in [0.25, 0.3) is 0 Å². The molecule has 0 radical (unpaired) electrons. The molecule has 1 unspecified atom stereocenters. The molecule has 2 rings (SSSR count). The van der Waals surface area contributed by atoms with Crippen molar-refractivity contribution in [1.82, 2.24) is 4.37 Å². The van der Waals surface area contributed by atoms with Crippen LogP contribution in [0.25, 0.3) is 0 Å². The third kappa shape index (κ3) is 4.06. The van der Waals surface area contributed by atoms with E-state index in [1.54, 1.807) is 6.92 Å². The van der Waals surface area contributed by atoms with Crippen molar-refractivity contribution >= 4 is 23.2 Å². The normalized spacial score (nSPS) is 12.1. The van der Waals surface area contributed by atoms with Gasteiger partial charge in [-0.2, -0.15) is 4.37 Å². The largest absolute Gasteiger partial charge is 0.481 e. The van der Waals surface area contributed by atoms with Crippen LogP contribution in [0.4, 0.5) is 5.69 Å². The maximum Gasteiger partial charge on any atom is 0.306 e. The highest BCUT2D eigenvalue weighted by Crippen LogP contribution is 2.16. The Labute approximate surface area is 122 Å². The molecular weight excluding hydrogens is 272 g/mol. The number of benzene rings is 1. The van der Waals surface area contributed by atoms with E-state index in [2.05, 4.69) is 15.8 Å². The van der Waals surface area contributed by atoms with Gasteiger partial charge < -0.3 is 10.4 Å². The molecule has 4 nitrogen and oxygen atoms in total. The average Bonchev–Trinajstić information content (AvgIpc) is 2.83. The van der Waals surface area contributed by atoms with Crippen LogP contribution < -0.4 is 5.32 Å². The molecule has 0 bridgehead atoms. The predicted octanol–water partition coefficient (Wildman–Crippen LogP) is 3.33. The van der Waals surface area contributed by atoms with E-state index in [9.17, 15) is 4.79 Å². The first kappa shape index (κ1) is 14.5. The van der Waals surface area contributed by atoms with Crippen LogP contribution >= 0.6 is 11.5 Å². The summed E-state index contributed by atoms with van der Waals surface area (Å²) in [5.74, 6) is -1.11. The van der Waals surface area contributed by atoms with Crippen molar-refractivity contribution in [2.75, 3.05) is 5.32 Å². The Morgan fingerprint density at radius 3 is 2.65 bits per heavy atom. The highest BCUT2D eigenvalue weighted by Gasteiger charge is 2.11. The highest BCUT2D eigenvalue weighted by atomic mass is 32.1. The molecule has 1 aromatic carbocycles. The molecule has 0 saturated heterocycles. The molecule has 2 aromatic rings. The van der Waals surface area contributed by atoms with Crippen molar-refractivity contribution in [2.24, 2.45) is 5.92 Å². The summed E-state index contributed by atoms with van der Waals surface area (Å²) in [6, 6.07) is 9.98. The summed E-state index contributed by atoms with van der Waals surface area (Å²) in [4.78, 5) is 12.0. The van der Waals surface area contributed by atoms with Crippen molar-refractivity contribution in [3.05, 3.63) is 46.5 Å². The smallest absolute Gasteiger partial charge is 0.306 e. The molecule has 1 atom stereocenters. The molecule has 2 N–H and O–H groups in total. The first-order valence-electron chi connectivity index (χ1n) is 6.52. The number of nitrogens with zero attached hydrogens (tertiary/aromatic N) is 1. The van der Waals surface area contributed by atoms with Crippen LogP contribution in [0.1, 0.15) is 23.1 Å². The molecule has 0 spiro atoms. The van der Waals surface area contributed by atoms with E-state index in [4.69, 9.17) is 5.11 Å². The van der Waals surface area contributed by atoms with E-state index >= 15 is 0 Å². The van der Waals surface area contributed by atoms with Crippen LogP contribution in [0.5, 0.6) is 0 Å². The second-order valence-corrected chi connectivity index (χ2v) is 5.82. The number of aliphatic carboxylic acids is 1. The summed E-state index contributed by atoms with van der Waals surface area (Å²) in [7, 11) is 0. The third-order valence-electron chi connectivity index (χ3n) is 3.06. The fraction of sp³-hybridized carbons (Fsp3) is 0.333. The van der Waals surface area contributed by atoms with Crippen LogP contribution in [-0.2, 0) is 17.8 Å². The minimum atomic E-state index is -0.757. The molecule has 0 aliphatic rings. The summed E-state index contributed by atoms with van der Waals surface area (Å²) in [6.07, 6.45) is 0.559. The molecule has 20 heavy (non-hydrogen) atoms. The van der Waals surface area contributed by atoms with Crippen molar-refractivity contribution in [3.8, 4) is 0 Å². The Hall–Kier alpha value is -1.88. The van der Waals surface area contributed by atoms with Gasteiger partial charge in [-0.25, -0.2) is 0 Å². The summed E-state index contributed by atoms with van der Waals surface area (Å²) in [5.41, 5.74) is 3.12. The van der Waals surface area contributed by atoms with Gasteiger partial charge in [0.05, 0.1) is 18.2 Å². The first-order valence-corrected chi connectivity index (χ1v) is 7.30. The predicted molar refractivity (Wildman–Crippen MR) is 81.1 cm³/mol. The van der Waals surface area contributed by atoms with Crippen molar-refractivity contribution < 1.29 is 9.90 Å². The SMILES string of the molecule is Cc1cc(CNc2ccc(CC(C)C(=O)O)cc2)sn1. The molecule has 0 amide bonds. The Kier molecular flexibility index (Phi) is 4.74. The molecule has 106 valence electrons. The van der Waals surface area contributed by atoms with E-state index in [0.29, 0.717) is 6.42 Å². The van der Waals surface area contributed by atoms with Crippen molar-refractivity contribution in [3.63, 3.8) is 0 Å². The molecule has 1 heterocycles. The van der Waals surface area contributed by atoms with Crippen molar-refractivity contribution in [1.29, 1.82) is 0 Å². The number of anilines is 1. The van der Waals surface area contributed by atoms with Crippen LogP contribution in [0.15, 0.2) is 30.3 Å². The minimum absolute atomic E-state index is 0.353. The number of hydrogen-bond donors (Lipinski definition) is 2. The Morgan fingerprint density at radius 2 is 2.10 bits per heavy atom. The van der Waals surface area contributed by atoms with E-state index in [0.717, 1.165) is 23.5 Å². The lowest BCUT2D eigenvalue weighted by Crippen LogP contribution is -2.12.